The zero-order chi connectivity index (χ0) is 19.2. The molecule has 0 aromatic heterocycles. The molecular formula is C22H21ClINO2. The Morgan fingerprint density at radius 1 is 1.00 bits per heavy atom. The van der Waals surface area contributed by atoms with Crippen molar-refractivity contribution in [2.75, 3.05) is 12.4 Å². The van der Waals surface area contributed by atoms with Gasteiger partial charge < -0.3 is 14.8 Å². The topological polar surface area (TPSA) is 30.5 Å². The van der Waals surface area contributed by atoms with Crippen LogP contribution in [0.4, 0.5) is 5.69 Å². The lowest BCUT2D eigenvalue weighted by Crippen LogP contribution is -2.03. The second-order valence-electron chi connectivity index (χ2n) is 6.25. The summed E-state index contributed by atoms with van der Waals surface area (Å²) in [5.74, 6) is 1.47. The minimum atomic E-state index is 0.438. The summed E-state index contributed by atoms with van der Waals surface area (Å²) < 4.78 is 12.6. The van der Waals surface area contributed by atoms with Crippen LogP contribution in [-0.4, -0.2) is 7.11 Å². The van der Waals surface area contributed by atoms with Crippen molar-refractivity contribution in [1.29, 1.82) is 0 Å². The maximum atomic E-state index is 6.04. The monoisotopic (exact) mass is 493 g/mol. The molecule has 140 valence electrons. The Labute approximate surface area is 178 Å². The van der Waals surface area contributed by atoms with E-state index in [1.807, 2.05) is 30.3 Å². The number of anilines is 1. The smallest absolute Gasteiger partial charge is 0.174 e. The van der Waals surface area contributed by atoms with Gasteiger partial charge in [-0.15, -0.1) is 0 Å². The van der Waals surface area contributed by atoms with Crippen LogP contribution in [0.15, 0.2) is 60.7 Å². The van der Waals surface area contributed by atoms with Gasteiger partial charge in [0.15, 0.2) is 11.5 Å². The highest BCUT2D eigenvalue weighted by atomic mass is 127. The maximum absolute atomic E-state index is 6.04. The first kappa shape index (κ1) is 19.8. The maximum Gasteiger partial charge on any atom is 0.174 e. The van der Waals surface area contributed by atoms with Crippen LogP contribution in [0.3, 0.4) is 0 Å². The van der Waals surface area contributed by atoms with Gasteiger partial charge in [-0.2, -0.15) is 0 Å². The van der Waals surface area contributed by atoms with Gasteiger partial charge in [0.05, 0.1) is 10.7 Å². The Morgan fingerprint density at radius 3 is 2.56 bits per heavy atom. The Morgan fingerprint density at radius 2 is 1.81 bits per heavy atom. The molecule has 1 N–H and O–H groups in total. The van der Waals surface area contributed by atoms with E-state index in [1.54, 1.807) is 7.11 Å². The van der Waals surface area contributed by atoms with Crippen molar-refractivity contribution in [1.82, 2.24) is 0 Å². The molecule has 0 spiro atoms. The number of methoxy groups -OCH3 is 1. The quantitative estimate of drug-likeness (QED) is 0.384. The molecule has 27 heavy (non-hydrogen) atoms. The predicted molar refractivity (Wildman–Crippen MR) is 120 cm³/mol. The van der Waals surface area contributed by atoms with Crippen LogP contribution in [0.5, 0.6) is 11.5 Å². The Hall–Kier alpha value is -1.92. The van der Waals surface area contributed by atoms with Crippen molar-refractivity contribution in [2.45, 2.75) is 20.1 Å². The summed E-state index contributed by atoms with van der Waals surface area (Å²) >= 11 is 8.33. The third-order valence-corrected chi connectivity index (χ3v) is 5.11. The largest absolute Gasteiger partial charge is 0.493 e. The number of nitrogens with one attached hydrogen (secondary N) is 1. The van der Waals surface area contributed by atoms with Crippen LogP contribution in [0.25, 0.3) is 0 Å². The second-order valence-corrected chi connectivity index (χ2v) is 7.85. The minimum absolute atomic E-state index is 0.438. The number of rotatable bonds is 7. The van der Waals surface area contributed by atoms with Gasteiger partial charge in [0.2, 0.25) is 0 Å². The zero-order valence-corrected chi connectivity index (χ0v) is 18.2. The SMILES string of the molecule is COc1cc(CNc2cccc(C)c2)cc(I)c1OCc1cccc(Cl)c1. The van der Waals surface area contributed by atoms with E-state index in [1.165, 1.54) is 5.56 Å². The highest BCUT2D eigenvalue weighted by Crippen LogP contribution is 2.35. The van der Waals surface area contributed by atoms with Gasteiger partial charge in [0.25, 0.3) is 0 Å². The average Bonchev–Trinajstić information content (AvgIpc) is 2.65. The molecule has 0 heterocycles. The van der Waals surface area contributed by atoms with Gasteiger partial charge in [0.1, 0.15) is 6.61 Å². The molecule has 0 atom stereocenters. The molecular weight excluding hydrogens is 473 g/mol. The van der Waals surface area contributed by atoms with Gasteiger partial charge in [-0.3, -0.25) is 0 Å². The first-order valence-electron chi connectivity index (χ1n) is 8.59. The van der Waals surface area contributed by atoms with Gasteiger partial charge in [-0.05, 0) is 82.6 Å². The van der Waals surface area contributed by atoms with Crippen LogP contribution in [0, 0.1) is 10.5 Å². The van der Waals surface area contributed by atoms with E-state index in [4.69, 9.17) is 21.1 Å². The van der Waals surface area contributed by atoms with E-state index < -0.39 is 0 Å². The molecule has 0 fully saturated rings. The third kappa shape index (κ3) is 5.53. The molecule has 3 aromatic carbocycles. The lowest BCUT2D eigenvalue weighted by molar-refractivity contribution is 0.282. The van der Waals surface area contributed by atoms with Crippen molar-refractivity contribution in [3.63, 3.8) is 0 Å². The highest BCUT2D eigenvalue weighted by molar-refractivity contribution is 14.1. The average molecular weight is 494 g/mol. The number of hydrogen-bond acceptors (Lipinski definition) is 3. The van der Waals surface area contributed by atoms with Crippen LogP contribution in [-0.2, 0) is 13.2 Å². The first-order valence-corrected chi connectivity index (χ1v) is 10.0. The molecule has 3 rings (SSSR count). The van der Waals surface area contributed by atoms with E-state index in [9.17, 15) is 0 Å². The molecule has 0 aliphatic carbocycles. The minimum Gasteiger partial charge on any atom is -0.493 e. The summed E-state index contributed by atoms with van der Waals surface area (Å²) in [6.07, 6.45) is 0. The molecule has 0 radical (unpaired) electrons. The highest BCUT2D eigenvalue weighted by Gasteiger charge is 2.12. The number of halogens is 2. The molecule has 0 amide bonds. The summed E-state index contributed by atoms with van der Waals surface area (Å²) in [6.45, 7) is 3.24. The van der Waals surface area contributed by atoms with E-state index >= 15 is 0 Å². The Kier molecular flexibility index (Phi) is 6.85. The van der Waals surface area contributed by atoms with Crippen molar-refractivity contribution in [3.05, 3.63) is 85.9 Å². The summed E-state index contributed by atoms with van der Waals surface area (Å²) in [4.78, 5) is 0. The van der Waals surface area contributed by atoms with Crippen molar-refractivity contribution >= 4 is 39.9 Å². The fourth-order valence-electron chi connectivity index (χ4n) is 2.76. The Bertz CT molecular complexity index is 930. The summed E-state index contributed by atoms with van der Waals surface area (Å²) in [7, 11) is 1.66. The zero-order valence-electron chi connectivity index (χ0n) is 15.3. The van der Waals surface area contributed by atoms with Crippen molar-refractivity contribution < 1.29 is 9.47 Å². The van der Waals surface area contributed by atoms with Gasteiger partial charge >= 0.3 is 0 Å². The first-order chi connectivity index (χ1) is 13.0. The molecule has 3 nitrogen and oxygen atoms in total. The molecule has 0 aliphatic heterocycles. The van der Waals surface area contributed by atoms with Crippen LogP contribution in [0.2, 0.25) is 5.02 Å². The van der Waals surface area contributed by atoms with Crippen molar-refractivity contribution in [3.8, 4) is 11.5 Å². The van der Waals surface area contributed by atoms with Gasteiger partial charge in [-0.1, -0.05) is 35.9 Å². The third-order valence-electron chi connectivity index (χ3n) is 4.08. The molecule has 3 aromatic rings. The fraction of sp³-hybridized carbons (Fsp3) is 0.182. The number of benzene rings is 3. The van der Waals surface area contributed by atoms with E-state index in [0.29, 0.717) is 18.2 Å². The Balaban J connectivity index is 1.72. The molecule has 0 aliphatic rings. The predicted octanol–water partition coefficient (Wildman–Crippen LogP) is 6.45. The lowest BCUT2D eigenvalue weighted by atomic mass is 10.1. The summed E-state index contributed by atoms with van der Waals surface area (Å²) in [5, 5.41) is 4.15. The molecule has 0 unspecified atom stereocenters. The number of hydrogen-bond donors (Lipinski definition) is 1. The second kappa shape index (κ2) is 9.33. The van der Waals surface area contributed by atoms with Crippen LogP contribution in [0.1, 0.15) is 16.7 Å². The van der Waals surface area contributed by atoms with Crippen LogP contribution < -0.4 is 14.8 Å². The van der Waals surface area contributed by atoms with Gasteiger partial charge in [-0.25, -0.2) is 0 Å². The summed E-state index contributed by atoms with van der Waals surface area (Å²) in [6, 6.07) is 20.1. The van der Waals surface area contributed by atoms with Gasteiger partial charge in [0, 0.05) is 17.3 Å². The normalized spacial score (nSPS) is 10.5. The van der Waals surface area contributed by atoms with E-state index in [-0.39, 0.29) is 0 Å². The molecule has 0 saturated carbocycles. The molecule has 5 heteroatoms. The van der Waals surface area contributed by atoms with Crippen LogP contribution >= 0.6 is 34.2 Å². The molecule has 0 saturated heterocycles. The number of ether oxygens (including phenoxy) is 2. The summed E-state index contributed by atoms with van der Waals surface area (Å²) in [5.41, 5.74) is 4.49. The number of aryl methyl sites for hydroxylation is 1. The standard InChI is InChI=1S/C22H21ClINO2/c1-15-5-3-8-19(9-15)25-13-17-11-20(24)22(21(12-17)26-2)27-14-16-6-4-7-18(23)10-16/h3-12,25H,13-14H2,1-2H3. The van der Waals surface area contributed by atoms with E-state index in [0.717, 1.165) is 31.9 Å². The van der Waals surface area contributed by atoms with Crippen molar-refractivity contribution in [2.24, 2.45) is 0 Å². The fourth-order valence-corrected chi connectivity index (χ4v) is 3.79. The molecule has 0 bridgehead atoms. The van der Waals surface area contributed by atoms with E-state index in [2.05, 4.69) is 65.2 Å². The lowest BCUT2D eigenvalue weighted by Gasteiger charge is -2.15.